The number of alkyl halides is 3. The van der Waals surface area contributed by atoms with E-state index in [1.807, 2.05) is 6.26 Å². The molecule has 1 aliphatic rings. The predicted octanol–water partition coefficient (Wildman–Crippen LogP) is 3.25. The number of hydrogen-bond donors (Lipinski definition) is 3. The van der Waals surface area contributed by atoms with Crippen molar-refractivity contribution >= 4 is 29.1 Å². The van der Waals surface area contributed by atoms with Gasteiger partial charge in [0.05, 0.1) is 17.0 Å². The van der Waals surface area contributed by atoms with Crippen LogP contribution in [0.5, 0.6) is 0 Å². The molecule has 0 aromatic carbocycles. The van der Waals surface area contributed by atoms with Crippen molar-refractivity contribution in [3.63, 3.8) is 0 Å². The number of rotatable bonds is 6. The number of nitrogens with zero attached hydrogens (tertiary/aromatic N) is 2. The second-order valence-electron chi connectivity index (χ2n) is 6.71. The first-order chi connectivity index (χ1) is 13.4. The average molecular weight is 426 g/mol. The molecule has 0 saturated heterocycles. The van der Waals surface area contributed by atoms with Gasteiger partial charge in [0.15, 0.2) is 0 Å². The van der Waals surface area contributed by atoms with Crippen LogP contribution in [0.3, 0.4) is 0 Å². The number of thioether (sulfide) groups is 1. The maximum absolute atomic E-state index is 12.9. The molecule has 0 bridgehead atoms. The normalized spacial score (nSPS) is 16.5. The molecule has 0 atom stereocenters. The third-order valence-electron chi connectivity index (χ3n) is 3.89. The number of carbonyl (C=O) groups is 1. The lowest BCUT2D eigenvalue weighted by Crippen LogP contribution is -2.36. The maximum atomic E-state index is 12.9. The lowest BCUT2D eigenvalue weighted by atomic mass is 9.88. The maximum Gasteiger partial charge on any atom is 0.433 e. The van der Waals surface area contributed by atoms with Crippen molar-refractivity contribution in [3.8, 4) is 0 Å². The lowest BCUT2D eigenvalue weighted by molar-refractivity contribution is -0.141. The zero-order chi connectivity index (χ0) is 21.8. The van der Waals surface area contributed by atoms with E-state index < -0.39 is 29.1 Å². The van der Waals surface area contributed by atoms with Crippen molar-refractivity contribution in [2.24, 2.45) is 4.99 Å². The Morgan fingerprint density at radius 3 is 2.59 bits per heavy atom. The smallest absolute Gasteiger partial charge is 0.386 e. The molecule has 0 aliphatic heterocycles. The van der Waals surface area contributed by atoms with Gasteiger partial charge in [0.2, 0.25) is 0 Å². The summed E-state index contributed by atoms with van der Waals surface area (Å²) >= 11 is 1.58. The first kappa shape index (κ1) is 22.8. The molecular formula is C19H21F3N4O2S. The van der Waals surface area contributed by atoms with Crippen LogP contribution in [0.25, 0.3) is 0 Å². The van der Waals surface area contributed by atoms with Gasteiger partial charge in [-0.15, -0.1) is 0 Å². The molecule has 10 heteroatoms. The summed E-state index contributed by atoms with van der Waals surface area (Å²) in [6, 6.07) is 3.03. The topological polar surface area (TPSA) is 98.4 Å². The number of hydrogen-bond acceptors (Lipinski definition) is 6. The second kappa shape index (κ2) is 8.91. The molecule has 1 aliphatic carbocycles. The number of allylic oxidation sites excluding steroid dienone is 2. The number of aromatic nitrogens is 1. The number of aliphatic hydroxyl groups is 1. The molecule has 1 aromatic rings. The molecule has 0 spiro atoms. The zero-order valence-electron chi connectivity index (χ0n) is 16.1. The molecule has 29 heavy (non-hydrogen) atoms. The van der Waals surface area contributed by atoms with Gasteiger partial charge in [0.1, 0.15) is 11.4 Å². The molecule has 1 heterocycles. The zero-order valence-corrected chi connectivity index (χ0v) is 16.9. The van der Waals surface area contributed by atoms with Crippen LogP contribution in [0.4, 0.5) is 13.2 Å². The molecule has 6 nitrogen and oxygen atoms in total. The largest absolute Gasteiger partial charge is 0.433 e. The first-order valence-corrected chi connectivity index (χ1v) is 9.97. The van der Waals surface area contributed by atoms with Crippen LogP contribution < -0.4 is 5.32 Å². The second-order valence-corrected chi connectivity index (χ2v) is 7.69. The molecule has 2 rings (SSSR count). The van der Waals surface area contributed by atoms with Gasteiger partial charge in [0, 0.05) is 23.6 Å². The Hall–Kier alpha value is -2.46. The molecule has 1 aromatic heterocycles. The first-order valence-electron chi connectivity index (χ1n) is 8.58. The van der Waals surface area contributed by atoms with Crippen LogP contribution in [-0.4, -0.2) is 51.6 Å². The van der Waals surface area contributed by atoms with Crippen molar-refractivity contribution in [2.45, 2.75) is 25.6 Å². The fourth-order valence-electron chi connectivity index (χ4n) is 2.49. The highest BCUT2D eigenvalue weighted by Crippen LogP contribution is 2.28. The average Bonchev–Trinajstić information content (AvgIpc) is 2.62. The van der Waals surface area contributed by atoms with Crippen molar-refractivity contribution in [1.29, 1.82) is 5.41 Å². The van der Waals surface area contributed by atoms with E-state index in [1.165, 1.54) is 26.0 Å². The van der Waals surface area contributed by atoms with Crippen LogP contribution in [0.15, 0.2) is 46.6 Å². The van der Waals surface area contributed by atoms with Gasteiger partial charge in [-0.1, -0.05) is 6.07 Å². The summed E-state index contributed by atoms with van der Waals surface area (Å²) in [6.45, 7) is 3.41. The highest BCUT2D eigenvalue weighted by atomic mass is 32.2. The summed E-state index contributed by atoms with van der Waals surface area (Å²) in [5.41, 5.74) is -2.23. The van der Waals surface area contributed by atoms with E-state index >= 15 is 0 Å². The van der Waals surface area contributed by atoms with Gasteiger partial charge < -0.3 is 10.4 Å². The van der Waals surface area contributed by atoms with Gasteiger partial charge in [-0.05, 0) is 44.4 Å². The Labute approximate surface area is 170 Å². The third-order valence-corrected chi connectivity index (χ3v) is 4.48. The highest BCUT2D eigenvalue weighted by molar-refractivity contribution is 7.98. The van der Waals surface area contributed by atoms with E-state index in [0.29, 0.717) is 12.3 Å². The summed E-state index contributed by atoms with van der Waals surface area (Å²) in [7, 11) is 0. The van der Waals surface area contributed by atoms with Crippen LogP contribution >= 0.6 is 11.8 Å². The molecular weight excluding hydrogens is 405 g/mol. The predicted molar refractivity (Wildman–Crippen MR) is 108 cm³/mol. The minimum Gasteiger partial charge on any atom is -0.386 e. The van der Waals surface area contributed by atoms with E-state index in [-0.39, 0.29) is 17.0 Å². The number of aliphatic imine (C=N–C) groups is 1. The molecule has 0 saturated carbocycles. The van der Waals surface area contributed by atoms with Gasteiger partial charge in [-0.3, -0.25) is 15.2 Å². The Morgan fingerprint density at radius 2 is 2.00 bits per heavy atom. The van der Waals surface area contributed by atoms with E-state index in [2.05, 4.69) is 15.3 Å². The van der Waals surface area contributed by atoms with Crippen LogP contribution in [0.2, 0.25) is 0 Å². The Kier molecular flexibility index (Phi) is 7.02. The molecule has 0 unspecified atom stereocenters. The standard InChI is InChI=1S/C19H21F3N4O2S/c1-18(2,28)11-9-12(23)15(24-7-8-29-3)10-14(11)26-17(27)13-5-4-6-16(25-13)19(20,21)22/h4-6,9-10,23,28H,7-8H2,1-3H3,(H,26,27). The van der Waals surface area contributed by atoms with Gasteiger partial charge in [-0.2, -0.15) is 24.9 Å². The van der Waals surface area contributed by atoms with Crippen molar-refractivity contribution < 1.29 is 23.1 Å². The molecule has 1 amide bonds. The molecule has 0 fully saturated rings. The third kappa shape index (κ3) is 6.01. The number of carbonyl (C=O) groups excluding carboxylic acids is 1. The van der Waals surface area contributed by atoms with Crippen molar-refractivity contribution in [1.82, 2.24) is 10.3 Å². The summed E-state index contributed by atoms with van der Waals surface area (Å²) in [5, 5.41) is 21.0. The molecule has 3 N–H and O–H groups in total. The van der Waals surface area contributed by atoms with Gasteiger partial charge in [-0.25, -0.2) is 4.98 Å². The summed E-state index contributed by atoms with van der Waals surface area (Å²) in [5.74, 6) is -0.128. The highest BCUT2D eigenvalue weighted by Gasteiger charge is 2.33. The van der Waals surface area contributed by atoms with Crippen LogP contribution in [-0.2, 0) is 6.18 Å². The van der Waals surface area contributed by atoms with Crippen LogP contribution in [0.1, 0.15) is 30.0 Å². The Morgan fingerprint density at radius 1 is 1.31 bits per heavy atom. The number of amides is 1. The van der Waals surface area contributed by atoms with E-state index in [1.54, 1.807) is 11.8 Å². The summed E-state index contributed by atoms with van der Waals surface area (Å²) < 4.78 is 38.6. The van der Waals surface area contributed by atoms with Crippen LogP contribution in [0, 0.1) is 5.41 Å². The summed E-state index contributed by atoms with van der Waals surface area (Å²) in [4.78, 5) is 20.2. The Balaban J connectivity index is 2.36. The number of pyridine rings is 1. The SMILES string of the molecule is CSCCN=C1C=C(NC(=O)c2cccc(C(F)(F)F)n2)C(C(C)(C)O)=CC1=N. The minimum absolute atomic E-state index is 0.0680. The number of halogens is 3. The summed E-state index contributed by atoms with van der Waals surface area (Å²) in [6.07, 6.45) is 0.0571. The minimum atomic E-state index is -4.68. The van der Waals surface area contributed by atoms with Crippen molar-refractivity contribution in [3.05, 3.63) is 53.0 Å². The fraction of sp³-hybridized carbons (Fsp3) is 0.368. The van der Waals surface area contributed by atoms with Crippen molar-refractivity contribution in [2.75, 3.05) is 18.6 Å². The van der Waals surface area contributed by atoms with E-state index in [9.17, 15) is 23.1 Å². The van der Waals surface area contributed by atoms with Gasteiger partial charge >= 0.3 is 6.18 Å². The lowest BCUT2D eigenvalue weighted by Gasteiger charge is -2.27. The quantitative estimate of drug-likeness (QED) is 0.480. The van der Waals surface area contributed by atoms with Gasteiger partial charge in [0.25, 0.3) is 5.91 Å². The monoisotopic (exact) mass is 426 g/mol. The number of nitrogens with one attached hydrogen (secondary N) is 2. The fourth-order valence-corrected chi connectivity index (χ4v) is 2.77. The molecule has 156 valence electrons. The van der Waals surface area contributed by atoms with E-state index in [4.69, 9.17) is 5.41 Å². The molecule has 0 radical (unpaired) electrons. The van der Waals surface area contributed by atoms with E-state index in [0.717, 1.165) is 24.0 Å². The Bertz CT molecular complexity index is 899.